The molecule has 1 saturated heterocycles. The van der Waals surface area contributed by atoms with Crippen molar-refractivity contribution in [1.29, 1.82) is 0 Å². The van der Waals surface area contributed by atoms with Crippen LogP contribution in [-0.2, 0) is 13.6 Å². The van der Waals surface area contributed by atoms with Crippen molar-refractivity contribution in [3.8, 4) is 0 Å². The van der Waals surface area contributed by atoms with Gasteiger partial charge in [0.15, 0.2) is 0 Å². The van der Waals surface area contributed by atoms with Crippen LogP contribution < -0.4 is 5.32 Å². The number of aromatic nitrogens is 3. The van der Waals surface area contributed by atoms with Crippen molar-refractivity contribution in [3.05, 3.63) is 47.8 Å². The first-order chi connectivity index (χ1) is 12.6. The van der Waals surface area contributed by atoms with Crippen LogP contribution in [0.1, 0.15) is 36.5 Å². The Kier molecular flexibility index (Phi) is 5.88. The van der Waals surface area contributed by atoms with Crippen molar-refractivity contribution < 1.29 is 4.79 Å². The molecule has 1 fully saturated rings. The molecule has 0 aliphatic carbocycles. The Morgan fingerprint density at radius 1 is 1.23 bits per heavy atom. The summed E-state index contributed by atoms with van der Waals surface area (Å²) in [4.78, 5) is 25.7. The van der Waals surface area contributed by atoms with Crippen molar-refractivity contribution in [3.63, 3.8) is 0 Å². The number of carbonyl (C=O) groups is 1. The molecule has 0 bridgehead atoms. The molecule has 1 N–H and O–H groups in total. The van der Waals surface area contributed by atoms with E-state index in [1.54, 1.807) is 0 Å². The highest BCUT2D eigenvalue weighted by molar-refractivity contribution is 5.74. The Balaban J connectivity index is 1.51. The number of nitrogens with one attached hydrogen (secondary N) is 1. The van der Waals surface area contributed by atoms with Crippen molar-refractivity contribution in [2.24, 2.45) is 7.05 Å². The summed E-state index contributed by atoms with van der Waals surface area (Å²) in [6.07, 6.45) is 6.45. The second-order valence-electron chi connectivity index (χ2n) is 6.89. The summed E-state index contributed by atoms with van der Waals surface area (Å²) in [6, 6.07) is 3.98. The van der Waals surface area contributed by atoms with Gasteiger partial charge >= 0.3 is 6.03 Å². The average Bonchev–Trinajstić information content (AvgIpc) is 3.05. The zero-order valence-electron chi connectivity index (χ0n) is 15.9. The summed E-state index contributed by atoms with van der Waals surface area (Å²) in [6.45, 7) is 8.09. The fourth-order valence-corrected chi connectivity index (χ4v) is 3.17. The summed E-state index contributed by atoms with van der Waals surface area (Å²) in [5.41, 5.74) is 2.04. The van der Waals surface area contributed by atoms with E-state index in [-0.39, 0.29) is 12.1 Å². The number of hydrogen-bond acceptors (Lipinski definition) is 4. The van der Waals surface area contributed by atoms with E-state index in [0.717, 1.165) is 56.2 Å². The molecule has 0 unspecified atom stereocenters. The molecule has 2 aromatic heterocycles. The molecule has 0 spiro atoms. The highest BCUT2D eigenvalue weighted by Crippen LogP contribution is 2.15. The lowest BCUT2D eigenvalue weighted by molar-refractivity contribution is 0.130. The first-order valence-corrected chi connectivity index (χ1v) is 9.23. The molecule has 7 heteroatoms. The Labute approximate surface area is 155 Å². The van der Waals surface area contributed by atoms with Gasteiger partial charge in [0.05, 0.1) is 18.3 Å². The van der Waals surface area contributed by atoms with E-state index in [9.17, 15) is 4.79 Å². The van der Waals surface area contributed by atoms with Crippen LogP contribution in [0.5, 0.6) is 0 Å². The van der Waals surface area contributed by atoms with Gasteiger partial charge in [-0.2, -0.15) is 0 Å². The normalized spacial score (nSPS) is 16.5. The zero-order valence-corrected chi connectivity index (χ0v) is 15.9. The maximum absolute atomic E-state index is 12.6. The molecule has 0 saturated carbocycles. The molecule has 3 heterocycles. The van der Waals surface area contributed by atoms with Crippen molar-refractivity contribution in [2.75, 3.05) is 26.2 Å². The smallest absolute Gasteiger partial charge is 0.318 e. The maximum atomic E-state index is 12.6. The number of aryl methyl sites for hydroxylation is 2. The lowest BCUT2D eigenvalue weighted by Crippen LogP contribution is -2.52. The van der Waals surface area contributed by atoms with Gasteiger partial charge < -0.3 is 14.8 Å². The van der Waals surface area contributed by atoms with E-state index >= 15 is 0 Å². The zero-order chi connectivity index (χ0) is 18.5. The third-order valence-electron chi connectivity index (χ3n) is 4.94. The number of pyridine rings is 1. The average molecular weight is 356 g/mol. The van der Waals surface area contributed by atoms with E-state index in [2.05, 4.69) is 27.1 Å². The van der Waals surface area contributed by atoms with Crippen molar-refractivity contribution >= 4 is 6.03 Å². The third kappa shape index (κ3) is 4.40. The summed E-state index contributed by atoms with van der Waals surface area (Å²) in [5.74, 6) is 1.05. The van der Waals surface area contributed by atoms with Gasteiger partial charge in [-0.05, 0) is 25.0 Å². The van der Waals surface area contributed by atoms with Crippen LogP contribution in [0.4, 0.5) is 4.79 Å². The molecular weight excluding hydrogens is 328 g/mol. The van der Waals surface area contributed by atoms with E-state index in [1.807, 2.05) is 54.2 Å². The standard InChI is InChI=1S/C19H28N6O/c1-4-16(17-6-5-15(2)13-21-17)22-19(26)25-11-9-24(10-12-25)14-18-20-7-8-23(18)3/h5-8,13,16H,4,9-12,14H2,1-3H3,(H,22,26)/t16-/m1/s1. The molecular formula is C19H28N6O. The second kappa shape index (κ2) is 8.31. The minimum absolute atomic E-state index is 0.00383. The third-order valence-corrected chi connectivity index (χ3v) is 4.94. The molecule has 1 atom stereocenters. The minimum Gasteiger partial charge on any atom is -0.337 e. The predicted molar refractivity (Wildman–Crippen MR) is 101 cm³/mol. The van der Waals surface area contributed by atoms with Gasteiger partial charge in [-0.15, -0.1) is 0 Å². The van der Waals surface area contributed by atoms with Crippen LogP contribution in [-0.4, -0.2) is 56.5 Å². The number of nitrogens with zero attached hydrogens (tertiary/aromatic N) is 5. The van der Waals surface area contributed by atoms with E-state index < -0.39 is 0 Å². The van der Waals surface area contributed by atoms with E-state index in [4.69, 9.17) is 0 Å². The predicted octanol–water partition coefficient (Wildman–Crippen LogP) is 2.10. The Hall–Kier alpha value is -2.41. The van der Waals surface area contributed by atoms with Gasteiger partial charge in [-0.1, -0.05) is 13.0 Å². The van der Waals surface area contributed by atoms with Gasteiger partial charge in [0.1, 0.15) is 5.82 Å². The molecule has 2 amide bonds. The highest BCUT2D eigenvalue weighted by atomic mass is 16.2. The monoisotopic (exact) mass is 356 g/mol. The number of hydrogen-bond donors (Lipinski definition) is 1. The number of imidazole rings is 1. The SMILES string of the molecule is CC[C@@H](NC(=O)N1CCN(Cc2nccn2C)CC1)c1ccc(C)cn1. The molecule has 140 valence electrons. The second-order valence-corrected chi connectivity index (χ2v) is 6.89. The lowest BCUT2D eigenvalue weighted by atomic mass is 10.1. The van der Waals surface area contributed by atoms with Gasteiger partial charge in [0.25, 0.3) is 0 Å². The molecule has 26 heavy (non-hydrogen) atoms. The van der Waals surface area contributed by atoms with Crippen molar-refractivity contribution in [2.45, 2.75) is 32.9 Å². The molecule has 1 aliphatic rings. The minimum atomic E-state index is -0.0475. The van der Waals surface area contributed by atoms with Gasteiger partial charge in [-0.25, -0.2) is 9.78 Å². The van der Waals surface area contributed by atoms with Crippen LogP contribution in [0, 0.1) is 6.92 Å². The van der Waals surface area contributed by atoms with Gasteiger partial charge in [-0.3, -0.25) is 9.88 Å². The highest BCUT2D eigenvalue weighted by Gasteiger charge is 2.24. The number of piperazine rings is 1. The summed E-state index contributed by atoms with van der Waals surface area (Å²) in [7, 11) is 2.01. The number of urea groups is 1. The quantitative estimate of drug-likeness (QED) is 0.891. The fourth-order valence-electron chi connectivity index (χ4n) is 3.17. The molecule has 1 aliphatic heterocycles. The van der Waals surface area contributed by atoms with Crippen LogP contribution in [0.25, 0.3) is 0 Å². The lowest BCUT2D eigenvalue weighted by Gasteiger charge is -2.35. The number of amides is 2. The maximum Gasteiger partial charge on any atom is 0.318 e. The van der Waals surface area contributed by atoms with Gasteiger partial charge in [0, 0.05) is 51.8 Å². The van der Waals surface area contributed by atoms with E-state index in [0.29, 0.717) is 0 Å². The number of rotatable bonds is 5. The molecule has 0 aromatic carbocycles. The van der Waals surface area contributed by atoms with Crippen LogP contribution in [0.2, 0.25) is 0 Å². The van der Waals surface area contributed by atoms with Crippen LogP contribution in [0.3, 0.4) is 0 Å². The number of carbonyl (C=O) groups excluding carboxylic acids is 1. The summed E-state index contributed by atoms with van der Waals surface area (Å²) >= 11 is 0. The first-order valence-electron chi connectivity index (χ1n) is 9.23. The van der Waals surface area contributed by atoms with E-state index in [1.165, 1.54) is 0 Å². The topological polar surface area (TPSA) is 66.3 Å². The summed E-state index contributed by atoms with van der Waals surface area (Å²) in [5, 5.41) is 3.13. The van der Waals surface area contributed by atoms with Crippen molar-refractivity contribution in [1.82, 2.24) is 29.7 Å². The first kappa shape index (κ1) is 18.4. The molecule has 2 aromatic rings. The molecule has 0 radical (unpaired) electrons. The van der Waals surface area contributed by atoms with Crippen LogP contribution >= 0.6 is 0 Å². The largest absolute Gasteiger partial charge is 0.337 e. The van der Waals surface area contributed by atoms with Crippen LogP contribution in [0.15, 0.2) is 30.7 Å². The Morgan fingerprint density at radius 2 is 2.00 bits per heavy atom. The Bertz CT molecular complexity index is 718. The Morgan fingerprint density at radius 3 is 2.58 bits per heavy atom. The molecule has 3 rings (SSSR count). The van der Waals surface area contributed by atoms with Gasteiger partial charge in [0.2, 0.25) is 0 Å². The molecule has 7 nitrogen and oxygen atoms in total. The fraction of sp³-hybridized carbons (Fsp3) is 0.526. The summed E-state index contributed by atoms with van der Waals surface area (Å²) < 4.78 is 2.04.